The smallest absolute Gasteiger partial charge is 0.338 e. The van der Waals surface area contributed by atoms with Crippen LogP contribution in [-0.2, 0) is 25.1 Å². The predicted molar refractivity (Wildman–Crippen MR) is 95.3 cm³/mol. The van der Waals surface area contributed by atoms with Crippen LogP contribution in [0.4, 0.5) is 10.1 Å². The molecule has 0 aromatic heterocycles. The van der Waals surface area contributed by atoms with Crippen LogP contribution in [0.2, 0.25) is 5.02 Å². The van der Waals surface area contributed by atoms with Gasteiger partial charge in [-0.2, -0.15) is 0 Å². The molecule has 2 aromatic rings. The Balaban J connectivity index is 1.97. The van der Waals surface area contributed by atoms with Crippen LogP contribution >= 0.6 is 11.6 Å². The van der Waals surface area contributed by atoms with Crippen molar-refractivity contribution in [2.24, 2.45) is 0 Å². The van der Waals surface area contributed by atoms with Crippen LogP contribution < -0.4 is 5.32 Å². The van der Waals surface area contributed by atoms with E-state index >= 15 is 0 Å². The molecule has 9 heteroatoms. The van der Waals surface area contributed by atoms with Crippen LogP contribution in [-0.4, -0.2) is 33.2 Å². The number of carbonyl (C=O) groups excluding carboxylic acids is 2. The topological polar surface area (TPSA) is 89.5 Å². The first-order valence-electron chi connectivity index (χ1n) is 7.33. The summed E-state index contributed by atoms with van der Waals surface area (Å²) in [6, 6.07) is 9.53. The van der Waals surface area contributed by atoms with Crippen LogP contribution in [0, 0.1) is 5.82 Å². The number of ether oxygens (including phenoxy) is 1. The molecule has 6 nitrogen and oxygen atoms in total. The van der Waals surface area contributed by atoms with Gasteiger partial charge in [-0.3, -0.25) is 4.79 Å². The number of anilines is 1. The molecule has 0 saturated carbocycles. The minimum Gasteiger partial charge on any atom is -0.452 e. The first-order valence-corrected chi connectivity index (χ1v) is 9.76. The summed E-state index contributed by atoms with van der Waals surface area (Å²) in [5.74, 6) is -2.45. The molecule has 0 aliphatic heterocycles. The molecule has 138 valence electrons. The Bertz CT molecular complexity index is 946. The van der Waals surface area contributed by atoms with Gasteiger partial charge in [0.15, 0.2) is 16.4 Å². The van der Waals surface area contributed by atoms with Crippen molar-refractivity contribution in [1.29, 1.82) is 0 Å². The second-order valence-corrected chi connectivity index (χ2v) is 8.10. The third-order valence-corrected chi connectivity index (χ3v) is 4.22. The summed E-state index contributed by atoms with van der Waals surface area (Å²) in [7, 11) is -3.25. The molecular weight excluding hydrogens is 385 g/mol. The van der Waals surface area contributed by atoms with Crippen molar-refractivity contribution in [2.45, 2.75) is 5.75 Å². The molecule has 2 rings (SSSR count). The van der Waals surface area contributed by atoms with E-state index in [0.29, 0.717) is 5.56 Å². The van der Waals surface area contributed by atoms with Crippen LogP contribution in [0.15, 0.2) is 42.5 Å². The molecule has 0 aliphatic carbocycles. The van der Waals surface area contributed by atoms with Gasteiger partial charge in [0.2, 0.25) is 0 Å². The highest BCUT2D eigenvalue weighted by atomic mass is 35.5. The fraction of sp³-hybridized carbons (Fsp3) is 0.176. The zero-order chi connectivity index (χ0) is 19.3. The van der Waals surface area contributed by atoms with Gasteiger partial charge < -0.3 is 10.1 Å². The average molecular weight is 400 g/mol. The van der Waals surface area contributed by atoms with Crippen LogP contribution in [0.25, 0.3) is 0 Å². The van der Waals surface area contributed by atoms with Crippen molar-refractivity contribution in [1.82, 2.24) is 0 Å². The normalized spacial score (nSPS) is 11.0. The molecule has 1 amide bonds. The summed E-state index contributed by atoms with van der Waals surface area (Å²) in [5, 5.41) is 2.48. The van der Waals surface area contributed by atoms with E-state index in [0.717, 1.165) is 12.3 Å². The molecule has 0 fully saturated rings. The number of halogens is 2. The lowest BCUT2D eigenvalue weighted by molar-refractivity contribution is -0.119. The van der Waals surface area contributed by atoms with Gasteiger partial charge in [0.1, 0.15) is 5.82 Å². The molecule has 0 aliphatic rings. The lowest BCUT2D eigenvalue weighted by atomic mass is 10.1. The SMILES string of the molecule is CS(=O)(=O)Cc1cccc(C(=O)OCC(=O)Nc2cc(Cl)ccc2F)c1. The zero-order valence-corrected chi connectivity index (χ0v) is 15.2. The Morgan fingerprint density at radius 2 is 1.92 bits per heavy atom. The lowest BCUT2D eigenvalue weighted by Gasteiger charge is -2.08. The molecule has 2 aromatic carbocycles. The van der Waals surface area contributed by atoms with E-state index in [-0.39, 0.29) is 22.0 Å². The van der Waals surface area contributed by atoms with Gasteiger partial charge in [-0.1, -0.05) is 23.7 Å². The Labute approximate surface area is 154 Å². The highest BCUT2D eigenvalue weighted by Gasteiger charge is 2.14. The van der Waals surface area contributed by atoms with Gasteiger partial charge in [0.05, 0.1) is 17.0 Å². The molecule has 0 heterocycles. The van der Waals surface area contributed by atoms with Crippen LogP contribution in [0.1, 0.15) is 15.9 Å². The maximum Gasteiger partial charge on any atom is 0.338 e. The number of nitrogens with one attached hydrogen (secondary N) is 1. The molecule has 0 saturated heterocycles. The van der Waals surface area contributed by atoms with E-state index in [4.69, 9.17) is 16.3 Å². The number of carbonyl (C=O) groups is 2. The Kier molecular flexibility index (Phi) is 6.33. The number of esters is 1. The third kappa shape index (κ3) is 6.12. The van der Waals surface area contributed by atoms with Crippen LogP contribution in [0.5, 0.6) is 0 Å². The van der Waals surface area contributed by atoms with Crippen molar-refractivity contribution in [3.63, 3.8) is 0 Å². The largest absolute Gasteiger partial charge is 0.452 e. The summed E-state index contributed by atoms with van der Waals surface area (Å²) in [6.45, 7) is -0.638. The first kappa shape index (κ1) is 19.9. The summed E-state index contributed by atoms with van der Waals surface area (Å²) < 4.78 is 41.0. The predicted octanol–water partition coefficient (Wildman–Crippen LogP) is 2.82. The summed E-state index contributed by atoms with van der Waals surface area (Å²) in [6.07, 6.45) is 1.08. The van der Waals surface area contributed by atoms with E-state index in [1.807, 2.05) is 0 Å². The number of sulfone groups is 1. The van der Waals surface area contributed by atoms with Gasteiger partial charge in [-0.25, -0.2) is 17.6 Å². The summed E-state index contributed by atoms with van der Waals surface area (Å²) in [4.78, 5) is 23.8. The van der Waals surface area contributed by atoms with E-state index in [2.05, 4.69) is 5.32 Å². The van der Waals surface area contributed by atoms with Crippen molar-refractivity contribution in [3.8, 4) is 0 Å². The van der Waals surface area contributed by atoms with E-state index < -0.39 is 34.1 Å². The zero-order valence-electron chi connectivity index (χ0n) is 13.7. The number of rotatable bonds is 6. The molecule has 1 N–H and O–H groups in total. The van der Waals surface area contributed by atoms with Gasteiger partial charge >= 0.3 is 5.97 Å². The van der Waals surface area contributed by atoms with E-state index in [1.54, 1.807) is 6.07 Å². The molecule has 0 spiro atoms. The lowest BCUT2D eigenvalue weighted by Crippen LogP contribution is -2.21. The highest BCUT2D eigenvalue weighted by molar-refractivity contribution is 7.89. The fourth-order valence-electron chi connectivity index (χ4n) is 2.08. The average Bonchev–Trinajstić information content (AvgIpc) is 2.54. The Morgan fingerprint density at radius 1 is 1.19 bits per heavy atom. The molecule has 0 bridgehead atoms. The molecule has 0 radical (unpaired) electrons. The van der Waals surface area contributed by atoms with Gasteiger partial charge in [-0.05, 0) is 35.9 Å². The minimum absolute atomic E-state index is 0.105. The van der Waals surface area contributed by atoms with Crippen molar-refractivity contribution >= 4 is 39.0 Å². The Morgan fingerprint density at radius 3 is 2.62 bits per heavy atom. The van der Waals surface area contributed by atoms with Crippen molar-refractivity contribution in [3.05, 3.63) is 64.4 Å². The summed E-state index contributed by atoms with van der Waals surface area (Å²) in [5.41, 5.74) is 0.397. The highest BCUT2D eigenvalue weighted by Crippen LogP contribution is 2.19. The quantitative estimate of drug-likeness (QED) is 0.754. The third-order valence-electron chi connectivity index (χ3n) is 3.13. The maximum atomic E-state index is 13.5. The number of hydrogen-bond acceptors (Lipinski definition) is 5. The van der Waals surface area contributed by atoms with Gasteiger partial charge in [0, 0.05) is 11.3 Å². The molecule has 0 atom stereocenters. The van der Waals surface area contributed by atoms with E-state index in [1.165, 1.54) is 30.3 Å². The summed E-state index contributed by atoms with van der Waals surface area (Å²) >= 11 is 5.72. The monoisotopic (exact) mass is 399 g/mol. The van der Waals surface area contributed by atoms with Crippen LogP contribution in [0.3, 0.4) is 0 Å². The second-order valence-electron chi connectivity index (χ2n) is 5.52. The number of hydrogen-bond donors (Lipinski definition) is 1. The van der Waals surface area contributed by atoms with Crippen molar-refractivity contribution in [2.75, 3.05) is 18.2 Å². The fourth-order valence-corrected chi connectivity index (χ4v) is 3.04. The minimum atomic E-state index is -3.25. The second kappa shape index (κ2) is 8.29. The van der Waals surface area contributed by atoms with Gasteiger partial charge in [-0.15, -0.1) is 0 Å². The van der Waals surface area contributed by atoms with E-state index in [9.17, 15) is 22.4 Å². The van der Waals surface area contributed by atoms with Crippen molar-refractivity contribution < 1.29 is 27.1 Å². The molecule has 26 heavy (non-hydrogen) atoms. The van der Waals surface area contributed by atoms with Gasteiger partial charge in [0.25, 0.3) is 5.91 Å². The first-order chi connectivity index (χ1) is 12.1. The standard InChI is InChI=1S/C17H15ClFNO5S/c1-26(23,24)10-11-3-2-4-12(7-11)17(22)25-9-16(21)20-15-8-13(18)5-6-14(15)19/h2-8H,9-10H2,1H3,(H,20,21). The Hall–Kier alpha value is -2.45. The molecular formula is C17H15ClFNO5S. The number of benzene rings is 2. The maximum absolute atomic E-state index is 13.5. The molecule has 0 unspecified atom stereocenters. The number of amides is 1.